The Morgan fingerprint density at radius 3 is 2.82 bits per heavy atom. The van der Waals surface area contributed by atoms with Crippen LogP contribution in [-0.2, 0) is 16.1 Å². The van der Waals surface area contributed by atoms with Crippen LogP contribution in [0, 0.1) is 6.92 Å². The molecule has 2 rings (SSSR count). The second kappa shape index (κ2) is 4.80. The van der Waals surface area contributed by atoms with Gasteiger partial charge in [-0.25, -0.2) is 0 Å². The molecule has 0 spiro atoms. The van der Waals surface area contributed by atoms with Gasteiger partial charge in [-0.3, -0.25) is 4.79 Å². The van der Waals surface area contributed by atoms with E-state index in [2.05, 4.69) is 15.5 Å². The Balaban J connectivity index is 1.88. The molecular weight excluding hydrogens is 224 g/mol. The maximum atomic E-state index is 11.9. The summed E-state index contributed by atoms with van der Waals surface area (Å²) in [5.41, 5.74) is 5.17. The highest BCUT2D eigenvalue weighted by Gasteiger charge is 2.35. The van der Waals surface area contributed by atoms with Crippen molar-refractivity contribution in [2.75, 3.05) is 13.2 Å². The Bertz CT molecular complexity index is 398. The van der Waals surface area contributed by atoms with Gasteiger partial charge in [-0.05, 0) is 19.8 Å². The fraction of sp³-hybridized carbons (Fsp3) is 0.700. The Labute approximate surface area is 98.7 Å². The van der Waals surface area contributed by atoms with Gasteiger partial charge in [-0.2, -0.15) is 4.98 Å². The van der Waals surface area contributed by atoms with Crippen molar-refractivity contribution in [2.45, 2.75) is 31.8 Å². The van der Waals surface area contributed by atoms with E-state index in [1.165, 1.54) is 0 Å². The van der Waals surface area contributed by atoms with Crippen LogP contribution in [0.4, 0.5) is 0 Å². The fourth-order valence-electron chi connectivity index (χ4n) is 1.71. The number of nitrogens with one attached hydrogen (secondary N) is 1. The number of hydrogen-bond acceptors (Lipinski definition) is 6. The number of aromatic nitrogens is 2. The first-order valence-corrected chi connectivity index (χ1v) is 5.54. The van der Waals surface area contributed by atoms with E-state index in [1.54, 1.807) is 6.92 Å². The van der Waals surface area contributed by atoms with Gasteiger partial charge in [-0.1, -0.05) is 5.16 Å². The Hall–Kier alpha value is -1.47. The zero-order valence-corrected chi connectivity index (χ0v) is 9.73. The average molecular weight is 240 g/mol. The maximum Gasteiger partial charge on any atom is 0.246 e. The number of hydrogen-bond donors (Lipinski definition) is 2. The molecule has 94 valence electrons. The third-order valence-electron chi connectivity index (χ3n) is 2.81. The number of carbonyl (C=O) groups excluding carboxylic acids is 1. The second-order valence-electron chi connectivity index (χ2n) is 4.19. The molecule has 3 N–H and O–H groups in total. The van der Waals surface area contributed by atoms with E-state index in [1.807, 2.05) is 0 Å². The van der Waals surface area contributed by atoms with Crippen LogP contribution < -0.4 is 11.1 Å². The van der Waals surface area contributed by atoms with Gasteiger partial charge >= 0.3 is 0 Å². The molecule has 1 amide bonds. The van der Waals surface area contributed by atoms with Gasteiger partial charge in [0.1, 0.15) is 0 Å². The lowest BCUT2D eigenvalue weighted by atomic mass is 9.90. The minimum atomic E-state index is -0.840. The first-order valence-electron chi connectivity index (χ1n) is 5.54. The molecule has 0 aromatic carbocycles. The van der Waals surface area contributed by atoms with Crippen molar-refractivity contribution in [3.05, 3.63) is 11.7 Å². The smallest absolute Gasteiger partial charge is 0.246 e. The van der Waals surface area contributed by atoms with Crippen molar-refractivity contribution in [1.29, 1.82) is 0 Å². The molecule has 1 aliphatic rings. The molecule has 2 heterocycles. The summed E-state index contributed by atoms with van der Waals surface area (Å²) >= 11 is 0. The molecule has 0 atom stereocenters. The van der Waals surface area contributed by atoms with E-state index in [9.17, 15) is 4.79 Å². The van der Waals surface area contributed by atoms with Gasteiger partial charge in [0.2, 0.25) is 11.8 Å². The minimum Gasteiger partial charge on any atom is -0.381 e. The monoisotopic (exact) mass is 240 g/mol. The highest BCUT2D eigenvalue weighted by Crippen LogP contribution is 2.17. The van der Waals surface area contributed by atoms with Gasteiger partial charge in [0.25, 0.3) is 0 Å². The van der Waals surface area contributed by atoms with Gasteiger partial charge in [-0.15, -0.1) is 0 Å². The summed E-state index contributed by atoms with van der Waals surface area (Å²) in [6.07, 6.45) is 1.06. The quantitative estimate of drug-likeness (QED) is 0.738. The minimum absolute atomic E-state index is 0.198. The first-order chi connectivity index (χ1) is 8.10. The van der Waals surface area contributed by atoms with Gasteiger partial charge in [0.15, 0.2) is 5.82 Å². The highest BCUT2D eigenvalue weighted by molar-refractivity contribution is 5.86. The van der Waals surface area contributed by atoms with Gasteiger partial charge < -0.3 is 20.3 Å². The highest BCUT2D eigenvalue weighted by atomic mass is 16.5. The molecule has 1 aromatic rings. The molecule has 0 radical (unpaired) electrons. The summed E-state index contributed by atoms with van der Waals surface area (Å²) in [7, 11) is 0. The number of aryl methyl sites for hydroxylation is 1. The van der Waals surface area contributed by atoms with E-state index in [0.717, 1.165) is 0 Å². The lowest BCUT2D eigenvalue weighted by Gasteiger charge is -2.31. The molecule has 1 saturated heterocycles. The van der Waals surface area contributed by atoms with E-state index in [-0.39, 0.29) is 12.5 Å². The van der Waals surface area contributed by atoms with E-state index < -0.39 is 5.54 Å². The largest absolute Gasteiger partial charge is 0.381 e. The molecule has 7 heteroatoms. The van der Waals surface area contributed by atoms with Crippen LogP contribution in [0.5, 0.6) is 0 Å². The number of amides is 1. The van der Waals surface area contributed by atoms with Crippen LogP contribution in [0.15, 0.2) is 4.52 Å². The van der Waals surface area contributed by atoms with Crippen LogP contribution in [0.3, 0.4) is 0 Å². The van der Waals surface area contributed by atoms with E-state index in [0.29, 0.717) is 37.8 Å². The summed E-state index contributed by atoms with van der Waals surface area (Å²) in [6.45, 7) is 2.96. The maximum absolute atomic E-state index is 11.9. The zero-order valence-electron chi connectivity index (χ0n) is 9.73. The molecule has 1 fully saturated rings. The van der Waals surface area contributed by atoms with Crippen molar-refractivity contribution in [3.63, 3.8) is 0 Å². The van der Waals surface area contributed by atoms with Crippen LogP contribution in [0.25, 0.3) is 0 Å². The number of carbonyl (C=O) groups is 1. The predicted molar refractivity (Wildman–Crippen MR) is 57.9 cm³/mol. The molecule has 0 unspecified atom stereocenters. The van der Waals surface area contributed by atoms with Crippen LogP contribution in [0.1, 0.15) is 24.6 Å². The summed E-state index contributed by atoms with van der Waals surface area (Å²) < 4.78 is 10.1. The van der Waals surface area contributed by atoms with Crippen molar-refractivity contribution >= 4 is 5.91 Å². The van der Waals surface area contributed by atoms with Crippen molar-refractivity contribution in [3.8, 4) is 0 Å². The molecule has 0 saturated carbocycles. The summed E-state index contributed by atoms with van der Waals surface area (Å²) in [5.74, 6) is 0.728. The van der Waals surface area contributed by atoms with Gasteiger partial charge in [0, 0.05) is 13.2 Å². The number of rotatable bonds is 3. The fourth-order valence-corrected chi connectivity index (χ4v) is 1.71. The molecule has 17 heavy (non-hydrogen) atoms. The lowest BCUT2D eigenvalue weighted by molar-refractivity contribution is -0.130. The third-order valence-corrected chi connectivity index (χ3v) is 2.81. The van der Waals surface area contributed by atoms with Crippen molar-refractivity contribution in [1.82, 2.24) is 15.5 Å². The SMILES string of the molecule is Cc1noc(CNC(=O)C2(N)CCOCC2)n1. The number of nitrogens with two attached hydrogens (primary N) is 1. The zero-order chi connectivity index (χ0) is 12.3. The lowest BCUT2D eigenvalue weighted by Crippen LogP contribution is -2.56. The van der Waals surface area contributed by atoms with Crippen LogP contribution in [0.2, 0.25) is 0 Å². The summed E-state index contributed by atoms with van der Waals surface area (Å²) in [6, 6.07) is 0. The normalized spacial score (nSPS) is 18.9. The number of ether oxygens (including phenoxy) is 1. The molecule has 7 nitrogen and oxygen atoms in total. The predicted octanol–water partition coefficient (Wildman–Crippen LogP) is -0.498. The Kier molecular flexibility index (Phi) is 3.39. The van der Waals surface area contributed by atoms with E-state index >= 15 is 0 Å². The van der Waals surface area contributed by atoms with Crippen molar-refractivity contribution < 1.29 is 14.1 Å². The second-order valence-corrected chi connectivity index (χ2v) is 4.19. The first kappa shape index (κ1) is 12.0. The summed E-state index contributed by atoms with van der Waals surface area (Å²) in [5, 5.41) is 6.34. The topological polar surface area (TPSA) is 103 Å². The average Bonchev–Trinajstić information content (AvgIpc) is 2.73. The molecule has 1 aliphatic heterocycles. The Morgan fingerprint density at radius 1 is 1.53 bits per heavy atom. The molecule has 0 aliphatic carbocycles. The molecule has 1 aromatic heterocycles. The van der Waals surface area contributed by atoms with E-state index in [4.69, 9.17) is 15.0 Å². The van der Waals surface area contributed by atoms with Crippen molar-refractivity contribution in [2.24, 2.45) is 5.73 Å². The van der Waals surface area contributed by atoms with Crippen LogP contribution >= 0.6 is 0 Å². The summed E-state index contributed by atoms with van der Waals surface area (Å²) in [4.78, 5) is 15.9. The standard InChI is InChI=1S/C10H16N4O3/c1-7-13-8(17-14-7)6-12-9(15)10(11)2-4-16-5-3-10/h2-6,11H2,1H3,(H,12,15). The Morgan fingerprint density at radius 2 is 2.24 bits per heavy atom. The third kappa shape index (κ3) is 2.80. The molecular formula is C10H16N4O3. The molecule has 0 bridgehead atoms. The number of nitrogens with zero attached hydrogens (tertiary/aromatic N) is 2. The van der Waals surface area contributed by atoms with Gasteiger partial charge in [0.05, 0.1) is 12.1 Å². The van der Waals surface area contributed by atoms with Crippen LogP contribution in [-0.4, -0.2) is 34.8 Å².